The van der Waals surface area contributed by atoms with E-state index in [1.165, 1.54) is 6.07 Å². The monoisotopic (exact) mass is 496 g/mol. The van der Waals surface area contributed by atoms with E-state index in [1.807, 2.05) is 0 Å². The van der Waals surface area contributed by atoms with Gasteiger partial charge < -0.3 is 21.1 Å². The SMILES string of the molecule is CC(C)(C)CCNCCOc1ccc(-c2c(Cl)cc(Nc3n[nH]c(N)n3)cc2C(F)(F)F)cc1. The molecule has 0 saturated carbocycles. The zero-order valence-corrected chi connectivity index (χ0v) is 19.9. The molecule has 0 amide bonds. The number of benzene rings is 2. The summed E-state index contributed by atoms with van der Waals surface area (Å²) in [6.45, 7) is 8.55. The van der Waals surface area contributed by atoms with Gasteiger partial charge in [0.25, 0.3) is 0 Å². The van der Waals surface area contributed by atoms with Gasteiger partial charge in [-0.25, -0.2) is 5.10 Å². The summed E-state index contributed by atoms with van der Waals surface area (Å²) in [5.74, 6) is 0.625. The first kappa shape index (κ1) is 25.6. The van der Waals surface area contributed by atoms with Crippen molar-refractivity contribution in [2.24, 2.45) is 5.41 Å². The lowest BCUT2D eigenvalue weighted by atomic mass is 9.92. The molecule has 3 rings (SSSR count). The Bertz CT molecular complexity index is 1090. The molecule has 34 heavy (non-hydrogen) atoms. The van der Waals surface area contributed by atoms with Crippen LogP contribution < -0.4 is 21.1 Å². The van der Waals surface area contributed by atoms with Gasteiger partial charge in [0.05, 0.1) is 10.6 Å². The Kier molecular flexibility index (Phi) is 7.93. The number of nitrogens with zero attached hydrogens (tertiary/aromatic N) is 2. The number of alkyl halides is 3. The maximum Gasteiger partial charge on any atom is 0.417 e. The van der Waals surface area contributed by atoms with Crippen LogP contribution in [0.5, 0.6) is 5.75 Å². The molecule has 2 aromatic carbocycles. The Morgan fingerprint density at radius 2 is 1.79 bits per heavy atom. The molecule has 0 atom stereocenters. The maximum atomic E-state index is 13.9. The maximum absolute atomic E-state index is 13.9. The van der Waals surface area contributed by atoms with Crippen LogP contribution in [0.15, 0.2) is 36.4 Å². The van der Waals surface area contributed by atoms with E-state index in [-0.39, 0.29) is 33.6 Å². The van der Waals surface area contributed by atoms with Crippen molar-refractivity contribution in [1.29, 1.82) is 0 Å². The first-order chi connectivity index (χ1) is 15.9. The van der Waals surface area contributed by atoms with Gasteiger partial charge in [0.15, 0.2) is 0 Å². The van der Waals surface area contributed by atoms with Crippen LogP contribution in [0, 0.1) is 5.41 Å². The van der Waals surface area contributed by atoms with E-state index in [1.54, 1.807) is 24.3 Å². The Balaban J connectivity index is 1.71. The second-order valence-electron chi connectivity index (χ2n) is 8.98. The number of aromatic amines is 1. The molecule has 7 nitrogen and oxygen atoms in total. The number of aromatic nitrogens is 3. The summed E-state index contributed by atoms with van der Waals surface area (Å²) in [6.07, 6.45) is -3.59. The molecule has 1 aromatic heterocycles. The molecular formula is C23H28ClF3N6O. The number of nitrogens with one attached hydrogen (secondary N) is 3. The zero-order chi connectivity index (χ0) is 24.9. The van der Waals surface area contributed by atoms with Crippen molar-refractivity contribution >= 4 is 29.2 Å². The molecule has 0 bridgehead atoms. The summed E-state index contributed by atoms with van der Waals surface area (Å²) in [4.78, 5) is 3.83. The Morgan fingerprint density at radius 3 is 2.38 bits per heavy atom. The molecule has 0 radical (unpaired) electrons. The summed E-state index contributed by atoms with van der Waals surface area (Å²) in [5.41, 5.74) is 5.11. The van der Waals surface area contributed by atoms with E-state index < -0.39 is 11.7 Å². The fraction of sp³-hybridized carbons (Fsp3) is 0.391. The highest BCUT2D eigenvalue weighted by atomic mass is 35.5. The van der Waals surface area contributed by atoms with Crippen LogP contribution in [0.4, 0.5) is 30.8 Å². The van der Waals surface area contributed by atoms with Crippen molar-refractivity contribution in [3.63, 3.8) is 0 Å². The Labute approximate surface area is 201 Å². The number of H-pyrrole nitrogens is 1. The summed E-state index contributed by atoms with van der Waals surface area (Å²) in [6, 6.07) is 8.71. The zero-order valence-electron chi connectivity index (χ0n) is 19.2. The third kappa shape index (κ3) is 7.26. The summed E-state index contributed by atoms with van der Waals surface area (Å²) in [5, 5.41) is 12.1. The third-order valence-electron chi connectivity index (χ3n) is 4.90. The van der Waals surface area contributed by atoms with Crippen molar-refractivity contribution in [3.8, 4) is 16.9 Å². The fourth-order valence-electron chi connectivity index (χ4n) is 3.20. The molecule has 5 N–H and O–H groups in total. The number of halogens is 4. The highest BCUT2D eigenvalue weighted by Gasteiger charge is 2.35. The fourth-order valence-corrected chi connectivity index (χ4v) is 3.53. The molecule has 0 saturated heterocycles. The average molecular weight is 497 g/mol. The van der Waals surface area contributed by atoms with Crippen LogP contribution in [-0.4, -0.2) is 34.9 Å². The van der Waals surface area contributed by atoms with Gasteiger partial charge in [-0.2, -0.15) is 18.2 Å². The van der Waals surface area contributed by atoms with Gasteiger partial charge in [0.2, 0.25) is 11.9 Å². The predicted octanol–water partition coefficient (Wildman–Crippen LogP) is 5.87. The van der Waals surface area contributed by atoms with Crippen molar-refractivity contribution < 1.29 is 17.9 Å². The Morgan fingerprint density at radius 1 is 1.09 bits per heavy atom. The van der Waals surface area contributed by atoms with Crippen molar-refractivity contribution in [3.05, 3.63) is 47.0 Å². The van der Waals surface area contributed by atoms with E-state index in [2.05, 4.69) is 46.6 Å². The van der Waals surface area contributed by atoms with Gasteiger partial charge in [-0.3, -0.25) is 0 Å². The molecule has 0 spiro atoms. The third-order valence-corrected chi connectivity index (χ3v) is 5.19. The van der Waals surface area contributed by atoms with Crippen molar-refractivity contribution in [2.45, 2.75) is 33.4 Å². The van der Waals surface area contributed by atoms with Gasteiger partial charge in [-0.05, 0) is 48.2 Å². The molecule has 0 fully saturated rings. The molecule has 0 aliphatic heterocycles. The normalized spacial score (nSPS) is 12.1. The van der Waals surface area contributed by atoms with Crippen molar-refractivity contribution in [2.75, 3.05) is 30.7 Å². The molecule has 3 aromatic rings. The van der Waals surface area contributed by atoms with Crippen LogP contribution in [0.1, 0.15) is 32.8 Å². The van der Waals surface area contributed by atoms with E-state index >= 15 is 0 Å². The first-order valence-electron chi connectivity index (χ1n) is 10.7. The van der Waals surface area contributed by atoms with Gasteiger partial charge in [-0.1, -0.05) is 44.5 Å². The van der Waals surface area contributed by atoms with Crippen molar-refractivity contribution in [1.82, 2.24) is 20.5 Å². The highest BCUT2D eigenvalue weighted by molar-refractivity contribution is 6.34. The minimum atomic E-state index is -4.64. The van der Waals surface area contributed by atoms with Crippen LogP contribution >= 0.6 is 11.6 Å². The molecule has 0 aliphatic rings. The number of ether oxygens (including phenoxy) is 1. The number of anilines is 3. The average Bonchev–Trinajstić information content (AvgIpc) is 3.14. The van der Waals surface area contributed by atoms with Crippen LogP contribution in [0.2, 0.25) is 5.02 Å². The smallest absolute Gasteiger partial charge is 0.417 e. The summed E-state index contributed by atoms with van der Waals surface area (Å²) < 4.78 is 47.3. The lowest BCUT2D eigenvalue weighted by molar-refractivity contribution is -0.137. The second kappa shape index (κ2) is 10.5. The standard InChI is InChI=1S/C23H28ClF3N6O/c1-22(2,3)8-9-29-10-11-34-16-6-4-14(5-7-16)19-17(23(25,26)27)12-15(13-18(19)24)30-21-31-20(28)32-33-21/h4-7,12-13,29H,8-11H2,1-3H3,(H4,28,30,31,32,33). The minimum Gasteiger partial charge on any atom is -0.492 e. The Hall–Kier alpha value is -2.98. The van der Waals surface area contributed by atoms with Gasteiger partial charge >= 0.3 is 6.18 Å². The van der Waals surface area contributed by atoms with Gasteiger partial charge in [0, 0.05) is 17.8 Å². The second-order valence-corrected chi connectivity index (χ2v) is 9.39. The predicted molar refractivity (Wildman–Crippen MR) is 128 cm³/mol. The molecule has 1 heterocycles. The largest absolute Gasteiger partial charge is 0.492 e. The lowest BCUT2D eigenvalue weighted by Gasteiger charge is -2.18. The topological polar surface area (TPSA) is 101 Å². The number of rotatable bonds is 9. The number of nitrogen functional groups attached to an aromatic ring is 1. The van der Waals surface area contributed by atoms with Gasteiger partial charge in [-0.15, -0.1) is 5.10 Å². The molecule has 184 valence electrons. The molecular weight excluding hydrogens is 469 g/mol. The number of hydrogen-bond donors (Lipinski definition) is 4. The number of hydrogen-bond acceptors (Lipinski definition) is 6. The molecule has 0 aliphatic carbocycles. The summed E-state index contributed by atoms with van der Waals surface area (Å²) in [7, 11) is 0. The van der Waals surface area contributed by atoms with Crippen LogP contribution in [0.3, 0.4) is 0 Å². The minimum absolute atomic E-state index is 0.0313. The highest BCUT2D eigenvalue weighted by Crippen LogP contribution is 2.43. The number of nitrogens with two attached hydrogens (primary N) is 1. The lowest BCUT2D eigenvalue weighted by Crippen LogP contribution is -2.25. The van der Waals surface area contributed by atoms with Crippen LogP contribution in [0.25, 0.3) is 11.1 Å². The van der Waals surface area contributed by atoms with Crippen LogP contribution in [-0.2, 0) is 6.18 Å². The molecule has 11 heteroatoms. The quantitative estimate of drug-likeness (QED) is 0.276. The van der Waals surface area contributed by atoms with E-state index in [0.29, 0.717) is 24.5 Å². The van der Waals surface area contributed by atoms with E-state index in [0.717, 1.165) is 19.0 Å². The van der Waals surface area contributed by atoms with E-state index in [4.69, 9.17) is 22.1 Å². The van der Waals surface area contributed by atoms with E-state index in [9.17, 15) is 13.2 Å². The summed E-state index contributed by atoms with van der Waals surface area (Å²) >= 11 is 6.30. The first-order valence-corrected chi connectivity index (χ1v) is 11.1. The molecule has 0 unspecified atom stereocenters. The van der Waals surface area contributed by atoms with Gasteiger partial charge in [0.1, 0.15) is 12.4 Å².